The molecule has 4 heteroatoms. The molecule has 0 spiro atoms. The van der Waals surface area contributed by atoms with Gasteiger partial charge in [0.05, 0.1) is 11.8 Å². The predicted molar refractivity (Wildman–Crippen MR) is 83.8 cm³/mol. The molecule has 0 bridgehead atoms. The molecule has 3 rings (SSSR count). The Labute approximate surface area is 130 Å². The van der Waals surface area contributed by atoms with Gasteiger partial charge >= 0.3 is 0 Å². The second kappa shape index (κ2) is 6.55. The molecule has 2 aromatic rings. The van der Waals surface area contributed by atoms with Crippen LogP contribution in [0.3, 0.4) is 0 Å². The van der Waals surface area contributed by atoms with Crippen LogP contribution < -0.4 is 0 Å². The Balaban J connectivity index is 1.69. The van der Waals surface area contributed by atoms with Gasteiger partial charge in [-0.3, -0.25) is 9.88 Å². The molecule has 0 aliphatic heterocycles. The summed E-state index contributed by atoms with van der Waals surface area (Å²) in [5, 5.41) is 10.4. The van der Waals surface area contributed by atoms with Crippen molar-refractivity contribution in [2.45, 2.75) is 38.5 Å². The third kappa shape index (κ3) is 3.70. The van der Waals surface area contributed by atoms with Crippen LogP contribution in [0.1, 0.15) is 35.8 Å². The lowest BCUT2D eigenvalue weighted by atomic mass is 10.1. The molecule has 1 aromatic carbocycles. The highest BCUT2D eigenvalue weighted by Crippen LogP contribution is 2.30. The highest BCUT2D eigenvalue weighted by molar-refractivity contribution is 5.20. The second-order valence-electron chi connectivity index (χ2n) is 5.99. The molecule has 1 aliphatic carbocycles. The number of pyridine rings is 1. The average molecular weight is 300 g/mol. The molecular formula is C18H21FN2O. The van der Waals surface area contributed by atoms with Gasteiger partial charge in [-0.2, -0.15) is 0 Å². The first-order chi connectivity index (χ1) is 10.6. The van der Waals surface area contributed by atoms with E-state index in [2.05, 4.69) is 22.9 Å². The van der Waals surface area contributed by atoms with Crippen molar-refractivity contribution in [1.29, 1.82) is 0 Å². The Hall–Kier alpha value is -1.78. The van der Waals surface area contributed by atoms with Crippen molar-refractivity contribution < 1.29 is 9.50 Å². The first-order valence-corrected chi connectivity index (χ1v) is 7.71. The zero-order valence-electron chi connectivity index (χ0n) is 12.7. The van der Waals surface area contributed by atoms with Gasteiger partial charge in [-0.1, -0.05) is 18.2 Å². The Morgan fingerprint density at radius 2 is 2.00 bits per heavy atom. The lowest BCUT2D eigenvalue weighted by Gasteiger charge is -2.25. The van der Waals surface area contributed by atoms with Crippen LogP contribution in [0, 0.1) is 12.7 Å². The summed E-state index contributed by atoms with van der Waals surface area (Å²) in [6.45, 7) is 3.35. The van der Waals surface area contributed by atoms with E-state index in [1.54, 1.807) is 12.1 Å². The Bertz CT molecular complexity index is 625. The summed E-state index contributed by atoms with van der Waals surface area (Å²) in [5.41, 5.74) is 2.98. The fourth-order valence-electron chi connectivity index (χ4n) is 2.67. The van der Waals surface area contributed by atoms with Crippen LogP contribution in [0.2, 0.25) is 0 Å². The zero-order chi connectivity index (χ0) is 15.5. The summed E-state index contributed by atoms with van der Waals surface area (Å²) in [5.74, 6) is -0.279. The Kier molecular flexibility index (Phi) is 4.50. The molecule has 1 unspecified atom stereocenters. The van der Waals surface area contributed by atoms with Crippen LogP contribution in [0.5, 0.6) is 0 Å². The van der Waals surface area contributed by atoms with Crippen LogP contribution in [-0.4, -0.2) is 27.6 Å². The molecule has 1 aromatic heterocycles. The summed E-state index contributed by atoms with van der Waals surface area (Å²) < 4.78 is 13.0. The first kappa shape index (κ1) is 15.1. The maximum atomic E-state index is 13.0. The summed E-state index contributed by atoms with van der Waals surface area (Å²) in [6, 6.07) is 10.6. The lowest BCUT2D eigenvalue weighted by molar-refractivity contribution is 0.103. The van der Waals surface area contributed by atoms with E-state index >= 15 is 0 Å². The molecule has 1 heterocycles. The van der Waals surface area contributed by atoms with E-state index in [1.165, 1.54) is 30.5 Å². The van der Waals surface area contributed by atoms with Crippen LogP contribution in [0.15, 0.2) is 42.6 Å². The Morgan fingerprint density at radius 3 is 2.64 bits per heavy atom. The third-order valence-corrected chi connectivity index (χ3v) is 4.20. The molecular weight excluding hydrogens is 279 g/mol. The van der Waals surface area contributed by atoms with Crippen molar-refractivity contribution in [2.75, 3.05) is 6.54 Å². The highest BCUT2D eigenvalue weighted by Gasteiger charge is 2.31. The van der Waals surface area contributed by atoms with Gasteiger partial charge in [0, 0.05) is 25.3 Å². The highest BCUT2D eigenvalue weighted by atomic mass is 19.1. The second-order valence-corrected chi connectivity index (χ2v) is 5.99. The smallest absolute Gasteiger partial charge is 0.123 e. The molecule has 116 valence electrons. The fraction of sp³-hybridized carbons (Fsp3) is 0.389. The minimum absolute atomic E-state index is 0.279. The van der Waals surface area contributed by atoms with E-state index in [1.807, 2.05) is 12.3 Å². The fourth-order valence-corrected chi connectivity index (χ4v) is 2.67. The quantitative estimate of drug-likeness (QED) is 0.890. The molecule has 3 nitrogen and oxygen atoms in total. The van der Waals surface area contributed by atoms with Gasteiger partial charge in [0.2, 0.25) is 0 Å². The first-order valence-electron chi connectivity index (χ1n) is 7.71. The van der Waals surface area contributed by atoms with Crippen molar-refractivity contribution >= 4 is 0 Å². The van der Waals surface area contributed by atoms with Gasteiger partial charge in [-0.05, 0) is 49.1 Å². The number of hydrogen-bond acceptors (Lipinski definition) is 3. The SMILES string of the molecule is Cc1cccnc1CN(CC(O)c1ccc(F)cc1)C1CC1. The van der Waals surface area contributed by atoms with E-state index < -0.39 is 6.10 Å². The van der Waals surface area contributed by atoms with E-state index in [9.17, 15) is 9.50 Å². The van der Waals surface area contributed by atoms with Gasteiger partial charge in [0.25, 0.3) is 0 Å². The van der Waals surface area contributed by atoms with E-state index in [-0.39, 0.29) is 5.82 Å². The van der Waals surface area contributed by atoms with Crippen molar-refractivity contribution in [3.63, 3.8) is 0 Å². The summed E-state index contributed by atoms with van der Waals surface area (Å²) in [4.78, 5) is 6.73. The largest absolute Gasteiger partial charge is 0.387 e. The number of aromatic nitrogens is 1. The number of rotatable bonds is 6. The van der Waals surface area contributed by atoms with Gasteiger partial charge in [-0.15, -0.1) is 0 Å². The normalized spacial score (nSPS) is 16.0. The predicted octanol–water partition coefficient (Wildman–Crippen LogP) is 3.23. The van der Waals surface area contributed by atoms with Gasteiger partial charge in [0.1, 0.15) is 5.82 Å². The third-order valence-electron chi connectivity index (χ3n) is 4.20. The van der Waals surface area contributed by atoms with E-state index in [0.29, 0.717) is 12.6 Å². The number of benzene rings is 1. The average Bonchev–Trinajstić information content (AvgIpc) is 3.34. The van der Waals surface area contributed by atoms with E-state index in [0.717, 1.165) is 17.8 Å². The summed E-state index contributed by atoms with van der Waals surface area (Å²) >= 11 is 0. The number of halogens is 1. The number of aliphatic hydroxyl groups is 1. The van der Waals surface area contributed by atoms with Gasteiger partial charge < -0.3 is 5.11 Å². The number of hydrogen-bond donors (Lipinski definition) is 1. The van der Waals surface area contributed by atoms with Crippen molar-refractivity contribution in [3.8, 4) is 0 Å². The molecule has 1 N–H and O–H groups in total. The molecule has 1 saturated carbocycles. The number of nitrogens with zero attached hydrogens (tertiary/aromatic N) is 2. The standard InChI is InChI=1S/C18H21FN2O/c1-13-3-2-10-20-17(13)11-21(16-8-9-16)12-18(22)14-4-6-15(19)7-5-14/h2-7,10,16,18,22H,8-9,11-12H2,1H3. The molecule has 22 heavy (non-hydrogen) atoms. The van der Waals surface area contributed by atoms with Crippen LogP contribution in [-0.2, 0) is 6.54 Å². The summed E-state index contributed by atoms with van der Waals surface area (Å²) in [7, 11) is 0. The summed E-state index contributed by atoms with van der Waals surface area (Å²) in [6.07, 6.45) is 3.54. The van der Waals surface area contributed by atoms with Crippen molar-refractivity contribution in [2.24, 2.45) is 0 Å². The van der Waals surface area contributed by atoms with Crippen molar-refractivity contribution in [3.05, 3.63) is 65.2 Å². The zero-order valence-corrected chi connectivity index (χ0v) is 12.7. The minimum atomic E-state index is -0.606. The minimum Gasteiger partial charge on any atom is -0.387 e. The molecule has 1 atom stereocenters. The number of aryl methyl sites for hydroxylation is 1. The molecule has 1 aliphatic rings. The monoisotopic (exact) mass is 300 g/mol. The lowest BCUT2D eigenvalue weighted by Crippen LogP contribution is -2.31. The van der Waals surface area contributed by atoms with E-state index in [4.69, 9.17) is 0 Å². The van der Waals surface area contributed by atoms with Crippen LogP contribution >= 0.6 is 0 Å². The molecule has 0 amide bonds. The molecule has 0 radical (unpaired) electrons. The maximum absolute atomic E-state index is 13.0. The molecule has 0 saturated heterocycles. The van der Waals surface area contributed by atoms with Crippen LogP contribution in [0.4, 0.5) is 4.39 Å². The number of aliphatic hydroxyl groups excluding tert-OH is 1. The van der Waals surface area contributed by atoms with Crippen molar-refractivity contribution in [1.82, 2.24) is 9.88 Å². The van der Waals surface area contributed by atoms with Gasteiger partial charge in [-0.25, -0.2) is 4.39 Å². The Morgan fingerprint density at radius 1 is 1.27 bits per heavy atom. The maximum Gasteiger partial charge on any atom is 0.123 e. The van der Waals surface area contributed by atoms with Crippen LogP contribution in [0.25, 0.3) is 0 Å². The van der Waals surface area contributed by atoms with Gasteiger partial charge in [0.15, 0.2) is 0 Å². The molecule has 1 fully saturated rings. The topological polar surface area (TPSA) is 36.4 Å².